The highest BCUT2D eigenvalue weighted by Crippen LogP contribution is 2.39. The van der Waals surface area contributed by atoms with Crippen LogP contribution < -0.4 is 20.1 Å². The fourth-order valence-corrected chi connectivity index (χ4v) is 3.47. The Morgan fingerprint density at radius 1 is 1.14 bits per heavy atom. The van der Waals surface area contributed by atoms with E-state index in [2.05, 4.69) is 10.6 Å². The number of rotatable bonds is 5. The molecular weight excluding hydrogens is 358 g/mol. The molecule has 156 valence electrons. The third kappa shape index (κ3) is 5.30. The van der Waals surface area contributed by atoms with E-state index in [1.807, 2.05) is 52.8 Å². The Labute approximate surface area is 167 Å². The number of benzene rings is 1. The Morgan fingerprint density at radius 2 is 1.82 bits per heavy atom. The molecule has 2 rings (SSSR count). The van der Waals surface area contributed by atoms with Crippen molar-refractivity contribution in [1.82, 2.24) is 15.5 Å². The number of ether oxygens (including phenoxy) is 2. The molecule has 2 N–H and O–H groups in total. The topological polar surface area (TPSA) is 79.9 Å². The number of hydrogen-bond donors (Lipinski definition) is 2. The molecule has 1 aromatic rings. The van der Waals surface area contributed by atoms with E-state index >= 15 is 0 Å². The van der Waals surface area contributed by atoms with Gasteiger partial charge >= 0.3 is 6.03 Å². The quantitative estimate of drug-likeness (QED) is 0.809. The molecule has 0 unspecified atom stereocenters. The normalized spacial score (nSPS) is 19.5. The second-order valence-electron chi connectivity index (χ2n) is 8.57. The van der Waals surface area contributed by atoms with Crippen molar-refractivity contribution in [2.24, 2.45) is 5.92 Å². The monoisotopic (exact) mass is 391 g/mol. The average molecular weight is 392 g/mol. The lowest BCUT2D eigenvalue weighted by atomic mass is 9.87. The minimum Gasteiger partial charge on any atom is -0.497 e. The molecule has 28 heavy (non-hydrogen) atoms. The molecule has 1 fully saturated rings. The highest BCUT2D eigenvalue weighted by molar-refractivity contribution is 5.83. The Hall–Kier alpha value is -2.44. The maximum atomic E-state index is 12.9. The van der Waals surface area contributed by atoms with Crippen molar-refractivity contribution in [3.63, 3.8) is 0 Å². The van der Waals surface area contributed by atoms with E-state index in [9.17, 15) is 9.59 Å². The maximum Gasteiger partial charge on any atom is 0.317 e. The van der Waals surface area contributed by atoms with Gasteiger partial charge in [-0.25, -0.2) is 4.79 Å². The molecule has 1 aliphatic rings. The van der Waals surface area contributed by atoms with E-state index in [4.69, 9.17) is 9.47 Å². The number of amides is 3. The molecule has 1 aromatic carbocycles. The number of nitrogens with one attached hydrogen (secondary N) is 2. The van der Waals surface area contributed by atoms with Gasteiger partial charge in [0.1, 0.15) is 11.5 Å². The fraction of sp³-hybridized carbons (Fsp3) is 0.619. The lowest BCUT2D eigenvalue weighted by Crippen LogP contribution is -2.48. The van der Waals surface area contributed by atoms with Gasteiger partial charge in [-0.3, -0.25) is 4.79 Å². The second-order valence-corrected chi connectivity index (χ2v) is 8.57. The van der Waals surface area contributed by atoms with E-state index in [1.54, 1.807) is 19.1 Å². The van der Waals surface area contributed by atoms with Crippen LogP contribution in [0, 0.1) is 5.92 Å². The summed E-state index contributed by atoms with van der Waals surface area (Å²) in [6.45, 7) is 10.5. The number of methoxy groups -OCH3 is 2. The molecule has 0 saturated carbocycles. The van der Waals surface area contributed by atoms with Crippen LogP contribution in [0.4, 0.5) is 4.79 Å². The zero-order valence-electron chi connectivity index (χ0n) is 18.0. The van der Waals surface area contributed by atoms with Gasteiger partial charge in [0, 0.05) is 36.2 Å². The number of hydrogen-bond acceptors (Lipinski definition) is 4. The molecule has 0 spiro atoms. The fourth-order valence-electron chi connectivity index (χ4n) is 3.47. The predicted molar refractivity (Wildman–Crippen MR) is 109 cm³/mol. The molecule has 7 heteroatoms. The summed E-state index contributed by atoms with van der Waals surface area (Å²) in [5.74, 6) is 0.766. The van der Waals surface area contributed by atoms with Crippen LogP contribution in [0.25, 0.3) is 0 Å². The molecule has 1 heterocycles. The third-order valence-corrected chi connectivity index (χ3v) is 4.69. The summed E-state index contributed by atoms with van der Waals surface area (Å²) in [7, 11) is 3.21. The zero-order valence-corrected chi connectivity index (χ0v) is 18.0. The first kappa shape index (κ1) is 21.9. The van der Waals surface area contributed by atoms with Gasteiger partial charge in [0.05, 0.1) is 20.1 Å². The number of carbonyl (C=O) groups excluding carboxylic acids is 2. The van der Waals surface area contributed by atoms with Crippen LogP contribution in [0.3, 0.4) is 0 Å². The van der Waals surface area contributed by atoms with Crippen LogP contribution in [0.2, 0.25) is 0 Å². The number of nitrogens with zero attached hydrogens (tertiary/aromatic N) is 1. The first-order chi connectivity index (χ1) is 13.1. The first-order valence-electron chi connectivity index (χ1n) is 9.65. The first-order valence-corrected chi connectivity index (χ1v) is 9.65. The van der Waals surface area contributed by atoms with Crippen LogP contribution in [-0.2, 0) is 4.79 Å². The van der Waals surface area contributed by atoms with Crippen molar-refractivity contribution in [1.29, 1.82) is 0 Å². The second kappa shape index (κ2) is 8.71. The Bertz CT molecular complexity index is 712. The zero-order chi connectivity index (χ0) is 21.1. The minimum atomic E-state index is -0.367. The van der Waals surface area contributed by atoms with Crippen LogP contribution in [0.1, 0.15) is 46.1 Å². The van der Waals surface area contributed by atoms with Crippen LogP contribution in [-0.4, -0.2) is 55.7 Å². The molecule has 7 nitrogen and oxygen atoms in total. The van der Waals surface area contributed by atoms with Crippen LogP contribution >= 0.6 is 0 Å². The molecule has 0 aromatic heterocycles. The number of likely N-dealkylation sites (tertiary alicyclic amines) is 1. The molecule has 1 saturated heterocycles. The van der Waals surface area contributed by atoms with E-state index in [0.29, 0.717) is 24.6 Å². The van der Waals surface area contributed by atoms with E-state index in [1.165, 1.54) is 0 Å². The average Bonchev–Trinajstić information content (AvgIpc) is 3.04. The van der Waals surface area contributed by atoms with Crippen molar-refractivity contribution < 1.29 is 19.1 Å². The highest BCUT2D eigenvalue weighted by Gasteiger charge is 2.42. The van der Waals surface area contributed by atoms with Crippen molar-refractivity contribution in [2.75, 3.05) is 27.3 Å². The lowest BCUT2D eigenvalue weighted by Gasteiger charge is -2.25. The number of carbonyl (C=O) groups is 2. The summed E-state index contributed by atoms with van der Waals surface area (Å²) in [5.41, 5.74) is 0.523. The van der Waals surface area contributed by atoms with Gasteiger partial charge in [-0.1, -0.05) is 0 Å². The van der Waals surface area contributed by atoms with Gasteiger partial charge in [0.15, 0.2) is 0 Å². The van der Waals surface area contributed by atoms with E-state index < -0.39 is 0 Å². The maximum absolute atomic E-state index is 12.9. The summed E-state index contributed by atoms with van der Waals surface area (Å²) in [5, 5.41) is 5.97. The van der Waals surface area contributed by atoms with Crippen LogP contribution in [0.5, 0.6) is 11.5 Å². The Kier molecular flexibility index (Phi) is 6.80. The largest absolute Gasteiger partial charge is 0.497 e. The molecule has 2 atom stereocenters. The third-order valence-electron chi connectivity index (χ3n) is 4.69. The molecule has 0 aliphatic carbocycles. The summed E-state index contributed by atoms with van der Waals surface area (Å²) >= 11 is 0. The summed E-state index contributed by atoms with van der Waals surface area (Å²) in [4.78, 5) is 27.3. The Balaban J connectivity index is 2.38. The minimum absolute atomic E-state index is 0.0257. The van der Waals surface area contributed by atoms with Crippen molar-refractivity contribution >= 4 is 11.9 Å². The number of urea groups is 1. The summed E-state index contributed by atoms with van der Waals surface area (Å²) in [6, 6.07) is 5.41. The molecule has 1 aliphatic heterocycles. The van der Waals surface area contributed by atoms with Gasteiger partial charge < -0.3 is 25.0 Å². The van der Waals surface area contributed by atoms with Gasteiger partial charge in [-0.15, -0.1) is 0 Å². The van der Waals surface area contributed by atoms with Crippen molar-refractivity contribution in [3.05, 3.63) is 23.8 Å². The Morgan fingerprint density at radius 3 is 2.36 bits per heavy atom. The van der Waals surface area contributed by atoms with E-state index in [0.717, 1.165) is 5.56 Å². The highest BCUT2D eigenvalue weighted by atomic mass is 16.5. The molecule has 0 bridgehead atoms. The van der Waals surface area contributed by atoms with Crippen molar-refractivity contribution in [2.45, 2.75) is 52.1 Å². The lowest BCUT2D eigenvalue weighted by molar-refractivity contribution is -0.125. The predicted octanol–water partition coefficient (Wildman–Crippen LogP) is 2.75. The summed E-state index contributed by atoms with van der Waals surface area (Å²) in [6.07, 6.45) is 0. The van der Waals surface area contributed by atoms with E-state index in [-0.39, 0.29) is 35.4 Å². The van der Waals surface area contributed by atoms with Crippen molar-refractivity contribution in [3.8, 4) is 11.5 Å². The van der Waals surface area contributed by atoms with Gasteiger partial charge in [0.25, 0.3) is 0 Å². The molecular formula is C21H33N3O4. The molecule has 0 radical (unpaired) electrons. The molecule has 3 amide bonds. The van der Waals surface area contributed by atoms with Gasteiger partial charge in [-0.2, -0.15) is 0 Å². The van der Waals surface area contributed by atoms with Gasteiger partial charge in [-0.05, 0) is 52.8 Å². The van der Waals surface area contributed by atoms with Gasteiger partial charge in [0.2, 0.25) is 5.91 Å². The van der Waals surface area contributed by atoms with Crippen LogP contribution in [0.15, 0.2) is 18.2 Å². The standard InChI is InChI=1S/C21H33N3O4/c1-13(2)22-19(25)17-12-24(20(26)23-21(3,4)5)11-16(17)15-10-14(27-6)8-9-18(15)28-7/h8-10,13,16-17H,11-12H2,1-7H3,(H,22,25)(H,23,26)/t16-,17-/m0/s1. The smallest absolute Gasteiger partial charge is 0.317 e. The SMILES string of the molecule is COc1ccc(OC)c([C@@H]2CN(C(=O)NC(C)(C)C)C[C@@H]2C(=O)NC(C)C)c1. The summed E-state index contributed by atoms with van der Waals surface area (Å²) < 4.78 is 10.9.